The van der Waals surface area contributed by atoms with Gasteiger partial charge in [0.15, 0.2) is 0 Å². The molecule has 0 spiro atoms. The summed E-state index contributed by atoms with van der Waals surface area (Å²) in [6.07, 6.45) is 1.41. The summed E-state index contributed by atoms with van der Waals surface area (Å²) in [6.45, 7) is 11.9. The predicted octanol–water partition coefficient (Wildman–Crippen LogP) is 1.56. The van der Waals surface area contributed by atoms with Crippen LogP contribution in [-0.2, 0) is 0 Å². The van der Waals surface area contributed by atoms with Crippen molar-refractivity contribution in [3.63, 3.8) is 0 Å². The van der Waals surface area contributed by atoms with Crippen LogP contribution in [0.3, 0.4) is 0 Å². The maximum atomic E-state index is 2.67. The number of piperazine rings is 1. The fourth-order valence-electron chi connectivity index (χ4n) is 2.99. The Morgan fingerprint density at radius 1 is 0.846 bits per heavy atom. The highest BCUT2D eigenvalue weighted by Crippen LogP contribution is 2.33. The molecule has 0 aromatic rings. The van der Waals surface area contributed by atoms with E-state index in [-0.39, 0.29) is 0 Å². The van der Waals surface area contributed by atoms with Crippen LogP contribution in [0.5, 0.6) is 0 Å². The van der Waals surface area contributed by atoms with Crippen LogP contribution in [-0.4, -0.2) is 47.1 Å². The highest BCUT2D eigenvalue weighted by molar-refractivity contribution is 5.01. The normalized spacial score (nSPS) is 35.5. The molecule has 0 saturated carbocycles. The van der Waals surface area contributed by atoms with Crippen LogP contribution in [0.15, 0.2) is 0 Å². The Morgan fingerprint density at radius 3 is 1.46 bits per heavy atom. The molecule has 2 rings (SSSR count). The van der Waals surface area contributed by atoms with Crippen molar-refractivity contribution in [3.05, 3.63) is 0 Å². The van der Waals surface area contributed by atoms with E-state index < -0.39 is 0 Å². The minimum absolute atomic E-state index is 0.740. The molecule has 2 aliphatic rings. The average molecular weight is 182 g/mol. The zero-order valence-corrected chi connectivity index (χ0v) is 9.33. The number of rotatable bonds is 2. The Bertz CT molecular complexity index is 169. The first kappa shape index (κ1) is 9.47. The van der Waals surface area contributed by atoms with Gasteiger partial charge < -0.3 is 0 Å². The SMILES string of the molecule is CC(C)N1CC2CC1CN2C(C)C. The summed E-state index contributed by atoms with van der Waals surface area (Å²) in [5.74, 6) is 0. The topological polar surface area (TPSA) is 6.48 Å². The van der Waals surface area contributed by atoms with Crippen molar-refractivity contribution in [3.8, 4) is 0 Å². The van der Waals surface area contributed by atoms with Gasteiger partial charge in [0.05, 0.1) is 0 Å². The van der Waals surface area contributed by atoms with Crippen molar-refractivity contribution >= 4 is 0 Å². The Kier molecular flexibility index (Phi) is 2.37. The number of hydrogen-bond donors (Lipinski definition) is 0. The van der Waals surface area contributed by atoms with Gasteiger partial charge in [-0.2, -0.15) is 0 Å². The second-order valence-electron chi connectivity index (χ2n) is 5.12. The number of hydrogen-bond acceptors (Lipinski definition) is 2. The minimum Gasteiger partial charge on any atom is -0.295 e. The van der Waals surface area contributed by atoms with E-state index in [9.17, 15) is 0 Å². The van der Waals surface area contributed by atoms with Crippen LogP contribution in [0, 0.1) is 0 Å². The van der Waals surface area contributed by atoms with Crippen molar-refractivity contribution in [1.82, 2.24) is 9.80 Å². The van der Waals surface area contributed by atoms with Gasteiger partial charge in [0, 0.05) is 37.3 Å². The summed E-state index contributed by atoms with van der Waals surface area (Å²) >= 11 is 0. The molecule has 2 heteroatoms. The molecule has 0 N–H and O–H groups in total. The van der Waals surface area contributed by atoms with E-state index in [1.807, 2.05) is 0 Å². The lowest BCUT2D eigenvalue weighted by atomic mass is 10.2. The van der Waals surface area contributed by atoms with Crippen LogP contribution >= 0.6 is 0 Å². The lowest BCUT2D eigenvalue weighted by molar-refractivity contribution is 0.0849. The number of nitrogens with zero attached hydrogens (tertiary/aromatic N) is 2. The zero-order chi connectivity index (χ0) is 9.59. The van der Waals surface area contributed by atoms with Gasteiger partial charge in [-0.05, 0) is 34.1 Å². The molecule has 2 saturated heterocycles. The first-order chi connectivity index (χ1) is 6.09. The first-order valence-electron chi connectivity index (χ1n) is 5.61. The Hall–Kier alpha value is -0.0800. The van der Waals surface area contributed by atoms with Crippen LogP contribution in [0.25, 0.3) is 0 Å². The van der Waals surface area contributed by atoms with Crippen LogP contribution in [0.2, 0.25) is 0 Å². The molecule has 2 heterocycles. The van der Waals surface area contributed by atoms with Crippen molar-refractivity contribution < 1.29 is 0 Å². The van der Waals surface area contributed by atoms with Gasteiger partial charge in [0.1, 0.15) is 0 Å². The van der Waals surface area contributed by atoms with Crippen molar-refractivity contribution in [2.24, 2.45) is 0 Å². The molecule has 13 heavy (non-hydrogen) atoms. The van der Waals surface area contributed by atoms with Crippen molar-refractivity contribution in [1.29, 1.82) is 0 Å². The zero-order valence-electron chi connectivity index (χ0n) is 9.33. The van der Waals surface area contributed by atoms with Gasteiger partial charge in [0.2, 0.25) is 0 Å². The van der Waals surface area contributed by atoms with E-state index in [1.54, 1.807) is 0 Å². The molecule has 2 bridgehead atoms. The molecule has 2 aliphatic heterocycles. The fourth-order valence-corrected chi connectivity index (χ4v) is 2.99. The Labute approximate surface area is 81.9 Å². The maximum Gasteiger partial charge on any atom is 0.0242 e. The third-order valence-electron chi connectivity index (χ3n) is 3.65. The van der Waals surface area contributed by atoms with E-state index in [2.05, 4.69) is 37.5 Å². The number of fused-ring (bicyclic) bond motifs is 2. The lowest BCUT2D eigenvalue weighted by Gasteiger charge is -2.38. The third-order valence-corrected chi connectivity index (χ3v) is 3.65. The van der Waals surface area contributed by atoms with E-state index in [0.29, 0.717) is 0 Å². The minimum atomic E-state index is 0.740. The highest BCUT2D eigenvalue weighted by atomic mass is 15.4. The molecule has 2 nitrogen and oxygen atoms in total. The summed E-state index contributed by atoms with van der Waals surface area (Å²) in [6, 6.07) is 3.19. The Balaban J connectivity index is 1.99. The van der Waals surface area contributed by atoms with Crippen LogP contribution in [0.4, 0.5) is 0 Å². The van der Waals surface area contributed by atoms with Gasteiger partial charge >= 0.3 is 0 Å². The molecule has 2 unspecified atom stereocenters. The molecule has 2 atom stereocenters. The molecule has 0 radical (unpaired) electrons. The van der Waals surface area contributed by atoms with E-state index >= 15 is 0 Å². The van der Waals surface area contributed by atoms with Crippen LogP contribution < -0.4 is 0 Å². The third kappa shape index (κ3) is 1.50. The maximum absolute atomic E-state index is 2.67. The van der Waals surface area contributed by atoms with Gasteiger partial charge in [-0.1, -0.05) is 0 Å². The second-order valence-corrected chi connectivity index (χ2v) is 5.12. The molecule has 0 aliphatic carbocycles. The average Bonchev–Trinajstić information content (AvgIpc) is 2.60. The quantitative estimate of drug-likeness (QED) is 0.639. The standard InChI is InChI=1S/C11H22N2/c1-8(2)12-6-11-5-10(12)7-13(11)9(3)4/h8-11H,5-7H2,1-4H3. The summed E-state index contributed by atoms with van der Waals surface area (Å²) in [5.41, 5.74) is 0. The van der Waals surface area contributed by atoms with Crippen LogP contribution in [0.1, 0.15) is 34.1 Å². The molecule has 2 fully saturated rings. The van der Waals surface area contributed by atoms with Gasteiger partial charge in [-0.15, -0.1) is 0 Å². The lowest BCUT2D eigenvalue weighted by Crippen LogP contribution is -2.50. The van der Waals surface area contributed by atoms with E-state index in [0.717, 1.165) is 24.2 Å². The van der Waals surface area contributed by atoms with Gasteiger partial charge in [0.25, 0.3) is 0 Å². The molecular formula is C11H22N2. The molecule has 76 valence electrons. The van der Waals surface area contributed by atoms with Gasteiger partial charge in [-0.25, -0.2) is 0 Å². The summed E-state index contributed by atoms with van der Waals surface area (Å²) in [7, 11) is 0. The van der Waals surface area contributed by atoms with Crippen molar-refractivity contribution in [2.45, 2.75) is 58.3 Å². The second kappa shape index (κ2) is 3.25. The Morgan fingerprint density at radius 2 is 1.23 bits per heavy atom. The highest BCUT2D eigenvalue weighted by Gasteiger charge is 2.44. The summed E-state index contributed by atoms with van der Waals surface area (Å²) in [5, 5.41) is 0. The monoisotopic (exact) mass is 182 g/mol. The number of likely N-dealkylation sites (tertiary alicyclic amines) is 2. The van der Waals surface area contributed by atoms with E-state index in [1.165, 1.54) is 19.5 Å². The molecular weight excluding hydrogens is 160 g/mol. The van der Waals surface area contributed by atoms with Crippen molar-refractivity contribution in [2.75, 3.05) is 13.1 Å². The molecule has 0 aromatic carbocycles. The molecule has 0 amide bonds. The molecule has 0 aromatic heterocycles. The summed E-state index contributed by atoms with van der Waals surface area (Å²) in [4.78, 5) is 5.34. The predicted molar refractivity (Wildman–Crippen MR) is 55.9 cm³/mol. The fraction of sp³-hybridized carbons (Fsp3) is 1.00. The smallest absolute Gasteiger partial charge is 0.0242 e. The largest absolute Gasteiger partial charge is 0.295 e. The summed E-state index contributed by atoms with van der Waals surface area (Å²) < 4.78 is 0. The van der Waals surface area contributed by atoms with E-state index in [4.69, 9.17) is 0 Å². The first-order valence-corrected chi connectivity index (χ1v) is 5.61. The van der Waals surface area contributed by atoms with Gasteiger partial charge in [-0.3, -0.25) is 9.80 Å².